The number of rotatable bonds is 5. The summed E-state index contributed by atoms with van der Waals surface area (Å²) in [7, 11) is 1.09. The van der Waals surface area contributed by atoms with E-state index in [4.69, 9.17) is 4.74 Å². The lowest BCUT2D eigenvalue weighted by molar-refractivity contribution is -0.143. The van der Waals surface area contributed by atoms with Gasteiger partial charge in [0.25, 0.3) is 0 Å². The van der Waals surface area contributed by atoms with Crippen molar-refractivity contribution in [1.82, 2.24) is 4.98 Å². The summed E-state index contributed by atoms with van der Waals surface area (Å²) in [4.78, 5) is 32.3. The van der Waals surface area contributed by atoms with Crippen LogP contribution in [-0.2, 0) is 19.0 Å². The van der Waals surface area contributed by atoms with Gasteiger partial charge in [-0.1, -0.05) is 0 Å². The molecule has 1 saturated heterocycles. The molecule has 0 unspecified atom stereocenters. The number of halogens is 7. The minimum atomic E-state index is -5.42. The molecule has 2 heterocycles. The largest absolute Gasteiger partial charge is 0.420 e. The fourth-order valence-electron chi connectivity index (χ4n) is 3.69. The van der Waals surface area contributed by atoms with Crippen LogP contribution in [-0.4, -0.2) is 42.4 Å². The Morgan fingerprint density at radius 2 is 1.72 bits per heavy atom. The van der Waals surface area contributed by atoms with E-state index in [1.165, 1.54) is 5.38 Å². The molecule has 39 heavy (non-hydrogen) atoms. The van der Waals surface area contributed by atoms with E-state index >= 15 is 0 Å². The first-order valence-electron chi connectivity index (χ1n) is 10.9. The van der Waals surface area contributed by atoms with Crippen molar-refractivity contribution in [2.45, 2.75) is 19.0 Å². The smallest absolute Gasteiger partial charge is 0.407 e. The molecule has 0 aliphatic carbocycles. The number of carbonyl (C=O) groups is 2. The van der Waals surface area contributed by atoms with Gasteiger partial charge in [-0.2, -0.15) is 26.3 Å². The number of aliphatic hydroxyl groups is 1. The molecule has 0 bridgehead atoms. The Bertz CT molecular complexity index is 1390. The average molecular weight is 578 g/mol. The molecule has 8 nitrogen and oxygen atoms in total. The van der Waals surface area contributed by atoms with E-state index in [1.54, 1.807) is 0 Å². The zero-order valence-corrected chi connectivity index (χ0v) is 20.5. The van der Waals surface area contributed by atoms with Crippen LogP contribution in [0.2, 0.25) is 0 Å². The Morgan fingerprint density at radius 1 is 1.08 bits per heavy atom. The number of ether oxygens (including phenoxy) is 1. The molecule has 1 aromatic heterocycles. The molecule has 3 aromatic rings. The molecule has 0 spiro atoms. The number of amides is 3. The second-order valence-electron chi connectivity index (χ2n) is 8.11. The molecule has 1 aliphatic rings. The van der Waals surface area contributed by atoms with Crippen molar-refractivity contribution < 1.29 is 50.2 Å². The molecule has 1 N–H and O–H groups in total. The van der Waals surface area contributed by atoms with Crippen molar-refractivity contribution >= 4 is 40.7 Å². The summed E-state index contributed by atoms with van der Waals surface area (Å²) in [5.41, 5.74) is -4.59. The zero-order chi connectivity index (χ0) is 28.7. The first-order chi connectivity index (χ1) is 18.2. The van der Waals surface area contributed by atoms with Crippen molar-refractivity contribution in [3.63, 3.8) is 0 Å². The van der Waals surface area contributed by atoms with E-state index < -0.39 is 59.5 Å². The maximum absolute atomic E-state index is 14.0. The van der Waals surface area contributed by atoms with Gasteiger partial charge in [0.05, 0.1) is 17.9 Å². The monoisotopic (exact) mass is 578 g/mol. The molecule has 0 radical (unpaired) electrons. The van der Waals surface area contributed by atoms with Crippen LogP contribution in [0.4, 0.5) is 57.5 Å². The highest BCUT2D eigenvalue weighted by Gasteiger charge is 2.44. The number of urea groups is 1. The van der Waals surface area contributed by atoms with E-state index in [0.717, 1.165) is 47.5 Å². The third kappa shape index (κ3) is 5.75. The Morgan fingerprint density at radius 3 is 2.28 bits per heavy atom. The molecule has 1 aliphatic heterocycles. The van der Waals surface area contributed by atoms with Crippen LogP contribution in [0.25, 0.3) is 0 Å². The lowest BCUT2D eigenvalue weighted by Gasteiger charge is -2.25. The van der Waals surface area contributed by atoms with Gasteiger partial charge >= 0.3 is 24.5 Å². The number of carbonyl (C=O) groups excluding carboxylic acids is 2. The predicted octanol–water partition coefficient (Wildman–Crippen LogP) is 5.89. The average Bonchev–Trinajstić information content (AvgIpc) is 3.49. The van der Waals surface area contributed by atoms with Crippen molar-refractivity contribution in [1.29, 1.82) is 0 Å². The standard InChI is InChI=1S/C23H17F7N4O4S/c1-32(14-4-2-13(24)3-5-14)21(37)38-19-15(23(28,29)30)8-12(22(25,26)27)9-16(19)33-6-7-34(20(33)36)17-11-39-18(10-35)31-17/h2-5,8-9,11,35H,6-7,10H2,1H3. The molecule has 208 valence electrons. The highest BCUT2D eigenvalue weighted by atomic mass is 32.1. The molecule has 16 heteroatoms. The molecule has 3 amide bonds. The van der Waals surface area contributed by atoms with Gasteiger partial charge in [-0.05, 0) is 36.4 Å². The van der Waals surface area contributed by atoms with Gasteiger partial charge in [-0.3, -0.25) is 14.7 Å². The van der Waals surface area contributed by atoms with Crippen LogP contribution in [0.15, 0.2) is 41.8 Å². The second kappa shape index (κ2) is 10.3. The predicted molar refractivity (Wildman–Crippen MR) is 125 cm³/mol. The highest BCUT2D eigenvalue weighted by molar-refractivity contribution is 7.10. The molecule has 0 atom stereocenters. The van der Waals surface area contributed by atoms with Crippen molar-refractivity contribution in [2.75, 3.05) is 34.8 Å². The first kappa shape index (κ1) is 28.1. The normalized spacial score (nSPS) is 14.2. The number of anilines is 3. The van der Waals surface area contributed by atoms with Gasteiger partial charge < -0.3 is 9.84 Å². The maximum atomic E-state index is 14.0. The molecular formula is C23H17F7N4O4S. The van der Waals surface area contributed by atoms with Crippen LogP contribution in [0.5, 0.6) is 5.75 Å². The van der Waals surface area contributed by atoms with Gasteiger partial charge in [0, 0.05) is 31.2 Å². The topological polar surface area (TPSA) is 86.2 Å². The summed E-state index contributed by atoms with van der Waals surface area (Å²) in [5, 5.41) is 10.8. The van der Waals surface area contributed by atoms with Crippen molar-refractivity contribution in [3.8, 4) is 5.75 Å². The lowest BCUT2D eigenvalue weighted by atomic mass is 10.1. The Hall–Kier alpha value is -3.92. The number of thiazole rings is 1. The highest BCUT2D eigenvalue weighted by Crippen LogP contribution is 2.47. The fraction of sp³-hybridized carbons (Fsp3) is 0.261. The van der Waals surface area contributed by atoms with E-state index in [-0.39, 0.29) is 41.7 Å². The number of aromatic nitrogens is 1. The number of alkyl halides is 6. The Balaban J connectivity index is 1.80. The SMILES string of the molecule is CN(C(=O)Oc1c(N2CCN(c3csc(CO)n3)C2=O)cc(C(F)(F)F)cc1C(F)(F)F)c1ccc(F)cc1. The van der Waals surface area contributed by atoms with Crippen LogP contribution in [0, 0.1) is 5.82 Å². The number of nitrogens with zero attached hydrogens (tertiary/aromatic N) is 4. The molecule has 0 saturated carbocycles. The van der Waals surface area contributed by atoms with Gasteiger partial charge in [0.1, 0.15) is 22.2 Å². The Kier molecular flexibility index (Phi) is 7.44. The minimum absolute atomic E-state index is 0.00932. The number of hydrogen-bond donors (Lipinski definition) is 1. The fourth-order valence-corrected chi connectivity index (χ4v) is 4.33. The maximum Gasteiger partial charge on any atom is 0.420 e. The molecule has 2 aromatic carbocycles. The van der Waals surface area contributed by atoms with Crippen LogP contribution < -0.4 is 19.4 Å². The summed E-state index contributed by atoms with van der Waals surface area (Å²) in [6, 6.07) is 3.26. The molecule has 4 rings (SSSR count). The first-order valence-corrected chi connectivity index (χ1v) is 11.8. The molecular weight excluding hydrogens is 561 g/mol. The molecule has 1 fully saturated rings. The van der Waals surface area contributed by atoms with E-state index in [0.29, 0.717) is 9.80 Å². The van der Waals surface area contributed by atoms with Crippen molar-refractivity contribution in [3.05, 3.63) is 63.7 Å². The van der Waals surface area contributed by atoms with Gasteiger partial charge in [0.2, 0.25) is 0 Å². The van der Waals surface area contributed by atoms with E-state index in [9.17, 15) is 45.4 Å². The van der Waals surface area contributed by atoms with Gasteiger partial charge in [-0.15, -0.1) is 11.3 Å². The van der Waals surface area contributed by atoms with Crippen LogP contribution in [0.1, 0.15) is 16.1 Å². The second-order valence-corrected chi connectivity index (χ2v) is 9.06. The summed E-state index contributed by atoms with van der Waals surface area (Å²) >= 11 is 0.991. The third-order valence-corrected chi connectivity index (χ3v) is 6.45. The van der Waals surface area contributed by atoms with Crippen LogP contribution in [0.3, 0.4) is 0 Å². The Labute approximate surface area is 219 Å². The number of hydrogen-bond acceptors (Lipinski definition) is 6. The summed E-state index contributed by atoms with van der Waals surface area (Å²) in [6.45, 7) is -0.990. The number of benzene rings is 2. The van der Waals surface area contributed by atoms with Gasteiger partial charge in [-0.25, -0.2) is 19.0 Å². The summed E-state index contributed by atoms with van der Waals surface area (Å²) < 4.78 is 101. The lowest BCUT2D eigenvalue weighted by Crippen LogP contribution is -2.34. The zero-order valence-electron chi connectivity index (χ0n) is 19.7. The summed E-state index contributed by atoms with van der Waals surface area (Å²) in [6.07, 6.45) is -12.1. The minimum Gasteiger partial charge on any atom is -0.407 e. The quantitative estimate of drug-likeness (QED) is 0.382. The summed E-state index contributed by atoms with van der Waals surface area (Å²) in [5.74, 6) is -1.94. The van der Waals surface area contributed by atoms with E-state index in [2.05, 4.69) is 4.98 Å². The van der Waals surface area contributed by atoms with Crippen molar-refractivity contribution in [2.24, 2.45) is 0 Å². The third-order valence-electron chi connectivity index (χ3n) is 5.63. The van der Waals surface area contributed by atoms with Crippen LogP contribution >= 0.6 is 11.3 Å². The van der Waals surface area contributed by atoms with E-state index in [1.807, 2.05) is 0 Å². The number of aliphatic hydroxyl groups excluding tert-OH is 1. The van der Waals surface area contributed by atoms with Gasteiger partial charge in [0.15, 0.2) is 5.75 Å².